The Hall–Kier alpha value is -1.85. The number of rotatable bonds is 3. The van der Waals surface area contributed by atoms with E-state index in [-0.39, 0.29) is 18.1 Å². The average molecular weight is 329 g/mol. The summed E-state index contributed by atoms with van der Waals surface area (Å²) >= 11 is 1.54. The van der Waals surface area contributed by atoms with Gasteiger partial charge in [-0.1, -0.05) is 12.1 Å². The van der Waals surface area contributed by atoms with Gasteiger partial charge in [0.15, 0.2) is 0 Å². The van der Waals surface area contributed by atoms with E-state index in [4.69, 9.17) is 9.47 Å². The van der Waals surface area contributed by atoms with Crippen molar-refractivity contribution in [2.45, 2.75) is 38.5 Å². The molecule has 4 rings (SSSR count). The van der Waals surface area contributed by atoms with Gasteiger partial charge in [0.2, 0.25) is 0 Å². The fraction of sp³-hybridized carbons (Fsp3) is 0.389. The van der Waals surface area contributed by atoms with Gasteiger partial charge >= 0.3 is 0 Å². The van der Waals surface area contributed by atoms with E-state index in [1.165, 1.54) is 11.3 Å². The lowest BCUT2D eigenvalue weighted by molar-refractivity contribution is 0.0714. The Morgan fingerprint density at radius 2 is 2.26 bits per heavy atom. The van der Waals surface area contributed by atoms with E-state index in [1.54, 1.807) is 0 Å². The molecule has 1 saturated heterocycles. The summed E-state index contributed by atoms with van der Waals surface area (Å²) in [6.45, 7) is 3.34. The monoisotopic (exact) mass is 329 g/mol. The van der Waals surface area contributed by atoms with E-state index >= 15 is 0 Å². The fourth-order valence-corrected chi connectivity index (χ4v) is 4.28. The van der Waals surface area contributed by atoms with Gasteiger partial charge < -0.3 is 14.8 Å². The quantitative estimate of drug-likeness (QED) is 0.936. The zero-order valence-electron chi connectivity index (χ0n) is 13.0. The molecule has 0 saturated carbocycles. The zero-order valence-corrected chi connectivity index (χ0v) is 13.8. The SMILES string of the molecule is C[C@H](NC(=O)c1cc2c(s1)-c1ccccc1OC2)[C@@H]1CCCO1. The van der Waals surface area contributed by atoms with E-state index in [0.717, 1.165) is 46.1 Å². The lowest BCUT2D eigenvalue weighted by Crippen LogP contribution is -2.40. The van der Waals surface area contributed by atoms with Crippen LogP contribution in [0.15, 0.2) is 30.3 Å². The van der Waals surface area contributed by atoms with Crippen molar-refractivity contribution in [2.24, 2.45) is 0 Å². The summed E-state index contributed by atoms with van der Waals surface area (Å²) in [6.07, 6.45) is 2.23. The van der Waals surface area contributed by atoms with E-state index < -0.39 is 0 Å². The molecule has 1 aromatic carbocycles. The largest absolute Gasteiger partial charge is 0.488 e. The topological polar surface area (TPSA) is 47.6 Å². The highest BCUT2D eigenvalue weighted by Gasteiger charge is 2.26. The van der Waals surface area contributed by atoms with E-state index in [9.17, 15) is 4.79 Å². The summed E-state index contributed by atoms with van der Waals surface area (Å²) in [7, 11) is 0. The van der Waals surface area contributed by atoms with Crippen LogP contribution in [-0.2, 0) is 11.3 Å². The highest BCUT2D eigenvalue weighted by Crippen LogP contribution is 2.42. The number of ether oxygens (including phenoxy) is 2. The standard InChI is InChI=1S/C18H19NO3S/c1-11(14-7-4-8-21-14)19-18(20)16-9-12-10-22-15-6-3-2-5-13(15)17(12)23-16/h2-3,5-6,9,11,14H,4,7-8,10H2,1H3,(H,19,20)/t11-,14-/m0/s1. The van der Waals surface area contributed by atoms with Crippen LogP contribution >= 0.6 is 11.3 Å². The van der Waals surface area contributed by atoms with Gasteiger partial charge in [0, 0.05) is 22.6 Å². The molecule has 120 valence electrons. The number of nitrogens with one attached hydrogen (secondary N) is 1. The van der Waals surface area contributed by atoms with Gasteiger partial charge in [-0.05, 0) is 38.0 Å². The third kappa shape index (κ3) is 2.75. The number of amides is 1. The molecular weight excluding hydrogens is 310 g/mol. The molecule has 2 aliphatic heterocycles. The molecule has 1 aromatic heterocycles. The summed E-state index contributed by atoms with van der Waals surface area (Å²) < 4.78 is 11.4. The third-order valence-electron chi connectivity index (χ3n) is 4.43. The molecule has 2 aliphatic rings. The van der Waals surface area contributed by atoms with Gasteiger partial charge in [-0.15, -0.1) is 11.3 Å². The Kier molecular flexibility index (Phi) is 3.83. The lowest BCUT2D eigenvalue weighted by atomic mass is 10.1. The maximum absolute atomic E-state index is 12.5. The fourth-order valence-electron chi connectivity index (χ4n) is 3.18. The van der Waals surface area contributed by atoms with Gasteiger partial charge in [0.05, 0.1) is 17.0 Å². The summed E-state index contributed by atoms with van der Waals surface area (Å²) in [4.78, 5) is 14.4. The zero-order chi connectivity index (χ0) is 15.8. The number of carbonyl (C=O) groups is 1. The number of hydrogen-bond donors (Lipinski definition) is 1. The van der Waals surface area contributed by atoms with Crippen molar-refractivity contribution in [3.05, 3.63) is 40.8 Å². The van der Waals surface area contributed by atoms with Gasteiger partial charge in [0.25, 0.3) is 5.91 Å². The Labute approximate surface area is 139 Å². The number of benzene rings is 1. The number of para-hydroxylation sites is 1. The van der Waals surface area contributed by atoms with Crippen LogP contribution in [-0.4, -0.2) is 24.7 Å². The van der Waals surface area contributed by atoms with Crippen LogP contribution in [0.1, 0.15) is 35.0 Å². The first kappa shape index (κ1) is 14.7. The smallest absolute Gasteiger partial charge is 0.261 e. The molecule has 0 aliphatic carbocycles. The van der Waals surface area contributed by atoms with Crippen LogP contribution in [0, 0.1) is 0 Å². The average Bonchev–Trinajstić information content (AvgIpc) is 3.24. The van der Waals surface area contributed by atoms with Crippen LogP contribution in [0.3, 0.4) is 0 Å². The Morgan fingerprint density at radius 3 is 3.09 bits per heavy atom. The number of thiophene rings is 1. The number of hydrogen-bond acceptors (Lipinski definition) is 4. The molecule has 4 nitrogen and oxygen atoms in total. The predicted molar refractivity (Wildman–Crippen MR) is 90.0 cm³/mol. The molecule has 23 heavy (non-hydrogen) atoms. The summed E-state index contributed by atoms with van der Waals surface area (Å²) in [6, 6.07) is 9.96. The molecule has 0 spiro atoms. The highest BCUT2D eigenvalue weighted by atomic mass is 32.1. The van der Waals surface area contributed by atoms with Crippen molar-refractivity contribution in [1.29, 1.82) is 0 Å². The molecule has 1 N–H and O–H groups in total. The first-order valence-corrected chi connectivity index (χ1v) is 8.81. The summed E-state index contributed by atoms with van der Waals surface area (Å²) in [5.41, 5.74) is 2.16. The molecule has 5 heteroatoms. The number of fused-ring (bicyclic) bond motifs is 3. The third-order valence-corrected chi connectivity index (χ3v) is 5.64. The van der Waals surface area contributed by atoms with Gasteiger partial charge in [-0.3, -0.25) is 4.79 Å². The second kappa shape index (κ2) is 5.98. The second-order valence-corrected chi connectivity index (χ2v) is 7.12. The van der Waals surface area contributed by atoms with Gasteiger partial charge in [-0.2, -0.15) is 0 Å². The first-order chi connectivity index (χ1) is 11.2. The van der Waals surface area contributed by atoms with Crippen molar-refractivity contribution in [3.8, 4) is 16.2 Å². The van der Waals surface area contributed by atoms with E-state index in [0.29, 0.717) is 6.61 Å². The maximum atomic E-state index is 12.5. The molecule has 0 radical (unpaired) electrons. The van der Waals surface area contributed by atoms with Crippen molar-refractivity contribution < 1.29 is 14.3 Å². The molecule has 2 atom stereocenters. The summed E-state index contributed by atoms with van der Waals surface area (Å²) in [5.74, 6) is 0.867. The second-order valence-electron chi connectivity index (χ2n) is 6.06. The molecule has 1 amide bonds. The minimum atomic E-state index is -0.0233. The molecule has 1 fully saturated rings. The van der Waals surface area contributed by atoms with E-state index in [2.05, 4.69) is 5.32 Å². The van der Waals surface area contributed by atoms with Crippen LogP contribution < -0.4 is 10.1 Å². The summed E-state index contributed by atoms with van der Waals surface area (Å²) in [5, 5.41) is 3.08. The van der Waals surface area contributed by atoms with Crippen LogP contribution in [0.2, 0.25) is 0 Å². The van der Waals surface area contributed by atoms with Crippen molar-refractivity contribution >= 4 is 17.2 Å². The maximum Gasteiger partial charge on any atom is 0.261 e. The molecular formula is C18H19NO3S. The van der Waals surface area contributed by atoms with Gasteiger partial charge in [0.1, 0.15) is 12.4 Å². The normalized spacial score (nSPS) is 20.3. The molecule has 2 aromatic rings. The highest BCUT2D eigenvalue weighted by molar-refractivity contribution is 7.17. The Morgan fingerprint density at radius 1 is 1.39 bits per heavy atom. The van der Waals surface area contributed by atoms with Gasteiger partial charge in [-0.25, -0.2) is 0 Å². The molecule has 0 unspecified atom stereocenters. The minimum absolute atomic E-state index is 0.0233. The Balaban J connectivity index is 1.55. The van der Waals surface area contributed by atoms with Crippen molar-refractivity contribution in [3.63, 3.8) is 0 Å². The van der Waals surface area contributed by atoms with Crippen LogP contribution in [0.25, 0.3) is 10.4 Å². The van der Waals surface area contributed by atoms with Crippen LogP contribution in [0.5, 0.6) is 5.75 Å². The van der Waals surface area contributed by atoms with Crippen LogP contribution in [0.4, 0.5) is 0 Å². The Bertz CT molecular complexity index is 734. The van der Waals surface area contributed by atoms with E-state index in [1.807, 2.05) is 37.3 Å². The minimum Gasteiger partial charge on any atom is -0.488 e. The van der Waals surface area contributed by atoms with Crippen molar-refractivity contribution in [1.82, 2.24) is 5.32 Å². The number of carbonyl (C=O) groups excluding carboxylic acids is 1. The molecule has 3 heterocycles. The molecule has 0 bridgehead atoms. The lowest BCUT2D eigenvalue weighted by Gasteiger charge is -2.19. The van der Waals surface area contributed by atoms with Crippen molar-refractivity contribution in [2.75, 3.05) is 6.61 Å². The predicted octanol–water partition coefficient (Wildman–Crippen LogP) is 3.60. The first-order valence-electron chi connectivity index (χ1n) is 8.00.